The highest BCUT2D eigenvalue weighted by molar-refractivity contribution is 7.92. The summed E-state index contributed by atoms with van der Waals surface area (Å²) in [5.74, 6) is -0.648. The minimum Gasteiger partial charge on any atom is -0.495 e. The van der Waals surface area contributed by atoms with Crippen LogP contribution >= 0.6 is 23.2 Å². The van der Waals surface area contributed by atoms with Crippen molar-refractivity contribution in [1.82, 2.24) is 10.2 Å². The van der Waals surface area contributed by atoms with E-state index in [0.717, 1.165) is 35.6 Å². The molecule has 0 aromatic heterocycles. The molecular weight excluding hydrogens is 585 g/mol. The summed E-state index contributed by atoms with van der Waals surface area (Å²) >= 11 is 12.3. The molecule has 218 valence electrons. The molecule has 0 unspecified atom stereocenters. The van der Waals surface area contributed by atoms with Crippen LogP contribution < -0.4 is 14.4 Å². The van der Waals surface area contributed by atoms with Gasteiger partial charge in [-0.2, -0.15) is 0 Å². The van der Waals surface area contributed by atoms with Crippen LogP contribution in [0.3, 0.4) is 0 Å². The van der Waals surface area contributed by atoms with Gasteiger partial charge in [0.15, 0.2) is 0 Å². The first-order chi connectivity index (χ1) is 19.6. The summed E-state index contributed by atoms with van der Waals surface area (Å²) in [4.78, 5) is 28.8. The fourth-order valence-corrected chi connectivity index (χ4v) is 6.58. The lowest BCUT2D eigenvalue weighted by Gasteiger charge is -2.33. The Bertz CT molecular complexity index is 1460. The van der Waals surface area contributed by atoms with E-state index in [1.807, 2.05) is 0 Å². The lowest BCUT2D eigenvalue weighted by Crippen LogP contribution is -2.52. The molecule has 41 heavy (non-hydrogen) atoms. The number of hydrogen-bond donors (Lipinski definition) is 1. The molecular formula is C30H33Cl2N3O5S. The summed E-state index contributed by atoms with van der Waals surface area (Å²) in [5.41, 5.74) is 0.841. The Kier molecular flexibility index (Phi) is 10.2. The number of carbonyl (C=O) groups is 2. The number of methoxy groups -OCH3 is 1. The Morgan fingerprint density at radius 2 is 1.61 bits per heavy atom. The molecule has 1 atom stereocenters. The molecule has 0 saturated heterocycles. The topological polar surface area (TPSA) is 96.0 Å². The standard InChI is InChI=1S/C30H33Cl2N3O5S/c1-21(30(37)33-25-8-6-7-9-25)34(19-22-12-14-23(31)15-13-22)29(36)20-35(27-18-24(32)16-17-28(27)40-2)41(38,39)26-10-4-3-5-11-26/h3-5,10-18,21,25H,6-9,19-20H2,1-2H3,(H,33,37)/t21-/m0/s1. The third-order valence-corrected chi connectivity index (χ3v) is 9.42. The first-order valence-corrected chi connectivity index (χ1v) is 15.6. The van der Waals surface area contributed by atoms with Crippen LogP contribution in [0.25, 0.3) is 0 Å². The Labute approximate surface area is 251 Å². The van der Waals surface area contributed by atoms with Gasteiger partial charge in [-0.3, -0.25) is 13.9 Å². The molecule has 8 nitrogen and oxygen atoms in total. The maximum atomic E-state index is 14.1. The number of nitrogens with zero attached hydrogens (tertiary/aromatic N) is 2. The molecule has 1 aliphatic rings. The van der Waals surface area contributed by atoms with Gasteiger partial charge in [0.25, 0.3) is 10.0 Å². The Hall–Kier alpha value is -3.27. The molecule has 0 spiro atoms. The van der Waals surface area contributed by atoms with Crippen LogP contribution in [-0.2, 0) is 26.2 Å². The second kappa shape index (κ2) is 13.6. The predicted octanol–water partition coefficient (Wildman–Crippen LogP) is 5.67. The van der Waals surface area contributed by atoms with E-state index in [1.165, 1.54) is 30.2 Å². The van der Waals surface area contributed by atoms with Gasteiger partial charge < -0.3 is 15.0 Å². The zero-order chi connectivity index (χ0) is 29.6. The number of anilines is 1. The van der Waals surface area contributed by atoms with Crippen molar-refractivity contribution in [3.05, 3.63) is 88.4 Å². The Morgan fingerprint density at radius 1 is 0.976 bits per heavy atom. The lowest BCUT2D eigenvalue weighted by molar-refractivity contribution is -0.139. The normalized spacial score (nSPS) is 14.3. The fraction of sp³-hybridized carbons (Fsp3) is 0.333. The number of halogens is 2. The van der Waals surface area contributed by atoms with Crippen LogP contribution in [0.4, 0.5) is 5.69 Å². The summed E-state index contributed by atoms with van der Waals surface area (Å²) in [7, 11) is -2.84. The van der Waals surface area contributed by atoms with Crippen LogP contribution in [0.15, 0.2) is 77.7 Å². The second-order valence-corrected chi connectivity index (χ2v) is 12.7. The van der Waals surface area contributed by atoms with Crippen LogP contribution in [0.5, 0.6) is 5.75 Å². The Balaban J connectivity index is 1.72. The van der Waals surface area contributed by atoms with Crippen molar-refractivity contribution in [2.24, 2.45) is 0 Å². The van der Waals surface area contributed by atoms with Crippen molar-refractivity contribution in [1.29, 1.82) is 0 Å². The van der Waals surface area contributed by atoms with Gasteiger partial charge in [0.2, 0.25) is 11.8 Å². The lowest BCUT2D eigenvalue weighted by atomic mass is 10.1. The largest absolute Gasteiger partial charge is 0.495 e. The number of sulfonamides is 1. The zero-order valence-electron chi connectivity index (χ0n) is 22.9. The molecule has 3 aromatic carbocycles. The average Bonchev–Trinajstić information content (AvgIpc) is 3.48. The third-order valence-electron chi connectivity index (χ3n) is 7.15. The summed E-state index contributed by atoms with van der Waals surface area (Å²) in [6.07, 6.45) is 3.86. The molecule has 11 heteroatoms. The average molecular weight is 619 g/mol. The van der Waals surface area contributed by atoms with Gasteiger partial charge in [0.1, 0.15) is 18.3 Å². The number of amides is 2. The van der Waals surface area contributed by atoms with Crippen molar-refractivity contribution in [3.63, 3.8) is 0 Å². The molecule has 1 aliphatic carbocycles. The quantitative estimate of drug-likeness (QED) is 0.299. The van der Waals surface area contributed by atoms with E-state index in [0.29, 0.717) is 5.02 Å². The first-order valence-electron chi connectivity index (χ1n) is 13.4. The summed E-state index contributed by atoms with van der Waals surface area (Å²) in [5, 5.41) is 3.85. The van der Waals surface area contributed by atoms with Gasteiger partial charge >= 0.3 is 0 Å². The molecule has 1 saturated carbocycles. The molecule has 3 aromatic rings. The highest BCUT2D eigenvalue weighted by atomic mass is 35.5. The molecule has 0 aliphatic heterocycles. The predicted molar refractivity (Wildman–Crippen MR) is 161 cm³/mol. The maximum absolute atomic E-state index is 14.1. The molecule has 1 fully saturated rings. The maximum Gasteiger partial charge on any atom is 0.264 e. The smallest absolute Gasteiger partial charge is 0.264 e. The van der Waals surface area contributed by atoms with Crippen molar-refractivity contribution in [3.8, 4) is 5.75 Å². The summed E-state index contributed by atoms with van der Waals surface area (Å²) < 4.78 is 34.4. The van der Waals surface area contributed by atoms with E-state index >= 15 is 0 Å². The molecule has 0 radical (unpaired) electrons. The number of ether oxygens (including phenoxy) is 1. The van der Waals surface area contributed by atoms with Crippen LogP contribution in [0, 0.1) is 0 Å². The van der Waals surface area contributed by atoms with Crippen molar-refractivity contribution >= 4 is 50.7 Å². The van der Waals surface area contributed by atoms with Gasteiger partial charge in [-0.1, -0.05) is 66.4 Å². The number of hydrogen-bond acceptors (Lipinski definition) is 5. The second-order valence-electron chi connectivity index (χ2n) is 9.95. The molecule has 2 amide bonds. The van der Waals surface area contributed by atoms with E-state index in [1.54, 1.807) is 61.5 Å². The number of rotatable bonds is 11. The number of benzene rings is 3. The molecule has 4 rings (SSSR count). The molecule has 0 heterocycles. The number of nitrogens with one attached hydrogen (secondary N) is 1. The van der Waals surface area contributed by atoms with Crippen LogP contribution in [0.2, 0.25) is 10.0 Å². The fourth-order valence-electron chi connectivity index (χ4n) is 4.85. The van der Waals surface area contributed by atoms with Gasteiger partial charge in [-0.05, 0) is 67.8 Å². The van der Waals surface area contributed by atoms with Crippen molar-refractivity contribution < 1.29 is 22.7 Å². The van der Waals surface area contributed by atoms with Crippen molar-refractivity contribution in [2.45, 2.75) is 56.1 Å². The SMILES string of the molecule is COc1ccc(Cl)cc1N(CC(=O)N(Cc1ccc(Cl)cc1)[C@@H](C)C(=O)NC1CCCC1)S(=O)(=O)c1ccccc1. The van der Waals surface area contributed by atoms with Crippen LogP contribution in [0.1, 0.15) is 38.2 Å². The highest BCUT2D eigenvalue weighted by Gasteiger charge is 2.34. The molecule has 1 N–H and O–H groups in total. The highest BCUT2D eigenvalue weighted by Crippen LogP contribution is 2.35. The third kappa shape index (κ3) is 7.52. The first kappa shape index (κ1) is 30.7. The van der Waals surface area contributed by atoms with Gasteiger partial charge in [0, 0.05) is 22.6 Å². The van der Waals surface area contributed by atoms with E-state index in [9.17, 15) is 18.0 Å². The Morgan fingerprint density at radius 3 is 2.24 bits per heavy atom. The van der Waals surface area contributed by atoms with Crippen LogP contribution in [-0.4, -0.2) is 50.9 Å². The van der Waals surface area contributed by atoms with Crippen molar-refractivity contribution in [2.75, 3.05) is 18.0 Å². The molecule has 0 bridgehead atoms. The van der Waals surface area contributed by atoms with E-state index < -0.39 is 28.5 Å². The number of carbonyl (C=O) groups excluding carboxylic acids is 2. The monoisotopic (exact) mass is 617 g/mol. The van der Waals surface area contributed by atoms with E-state index in [2.05, 4.69) is 5.32 Å². The van der Waals surface area contributed by atoms with Gasteiger partial charge in [-0.15, -0.1) is 0 Å². The van der Waals surface area contributed by atoms with Gasteiger partial charge in [-0.25, -0.2) is 8.42 Å². The minimum atomic E-state index is -4.25. The summed E-state index contributed by atoms with van der Waals surface area (Å²) in [6, 6.07) is 18.5. The summed E-state index contributed by atoms with van der Waals surface area (Å²) in [6.45, 7) is 1.12. The minimum absolute atomic E-state index is 0.00824. The van der Waals surface area contributed by atoms with E-state index in [-0.39, 0.29) is 39.8 Å². The van der Waals surface area contributed by atoms with Gasteiger partial charge in [0.05, 0.1) is 17.7 Å². The van der Waals surface area contributed by atoms with E-state index in [4.69, 9.17) is 27.9 Å². The zero-order valence-corrected chi connectivity index (χ0v) is 25.3.